The summed E-state index contributed by atoms with van der Waals surface area (Å²) in [5.41, 5.74) is 5.53. The average molecular weight is 434 g/mol. The van der Waals surface area contributed by atoms with Crippen LogP contribution in [-0.2, 0) is 6.54 Å². The number of carbonyl (C=O) groups excluding carboxylic acids is 1. The Balaban J connectivity index is 1.56. The Hall–Kier alpha value is -3.77. The number of amides is 1. The Morgan fingerprint density at radius 1 is 1.16 bits per heavy atom. The smallest absolute Gasteiger partial charge is 0.273 e. The van der Waals surface area contributed by atoms with Gasteiger partial charge in [-0.15, -0.1) is 0 Å². The van der Waals surface area contributed by atoms with Crippen molar-refractivity contribution in [3.63, 3.8) is 0 Å². The first-order valence-electron chi connectivity index (χ1n) is 9.58. The van der Waals surface area contributed by atoms with Crippen molar-refractivity contribution in [2.45, 2.75) is 6.54 Å². The van der Waals surface area contributed by atoms with E-state index < -0.39 is 0 Å². The number of aromatic hydroxyl groups is 1. The van der Waals surface area contributed by atoms with Crippen LogP contribution in [0.4, 0.5) is 0 Å². The zero-order valence-corrected chi connectivity index (χ0v) is 17.5. The van der Waals surface area contributed by atoms with Gasteiger partial charge < -0.3 is 14.4 Å². The quantitative estimate of drug-likeness (QED) is 0.338. The number of phenolic OH excluding ortho intramolecular Hbond substituents is 1. The largest absolute Gasteiger partial charge is 0.507 e. The first-order valence-corrected chi connectivity index (χ1v) is 9.95. The second-order valence-corrected chi connectivity index (χ2v) is 7.37. The summed E-state index contributed by atoms with van der Waals surface area (Å²) in [5, 5.41) is 15.5. The lowest BCUT2D eigenvalue weighted by Crippen LogP contribution is -2.17. The summed E-state index contributed by atoms with van der Waals surface area (Å²) < 4.78 is 7.08. The Kier molecular flexibility index (Phi) is 5.91. The number of nitrogens with zero attached hydrogens (tertiary/aromatic N) is 2. The Labute approximate surface area is 184 Å². The molecule has 2 N–H and O–H groups in total. The summed E-state index contributed by atoms with van der Waals surface area (Å²) in [6, 6.07) is 20.2. The highest BCUT2D eigenvalue weighted by molar-refractivity contribution is 6.30. The van der Waals surface area contributed by atoms with Crippen LogP contribution in [0, 0.1) is 0 Å². The minimum atomic E-state index is -0.338. The molecule has 0 radical (unpaired) electrons. The van der Waals surface area contributed by atoms with Crippen LogP contribution in [0.1, 0.15) is 21.5 Å². The van der Waals surface area contributed by atoms with Gasteiger partial charge in [0.25, 0.3) is 5.91 Å². The molecule has 7 heteroatoms. The van der Waals surface area contributed by atoms with Crippen molar-refractivity contribution in [3.8, 4) is 11.5 Å². The van der Waals surface area contributed by atoms with Crippen LogP contribution in [0.25, 0.3) is 10.9 Å². The van der Waals surface area contributed by atoms with E-state index in [0.717, 1.165) is 16.5 Å². The van der Waals surface area contributed by atoms with Gasteiger partial charge in [-0.05, 0) is 35.9 Å². The lowest BCUT2D eigenvalue weighted by atomic mass is 10.1. The number of para-hydroxylation sites is 1. The summed E-state index contributed by atoms with van der Waals surface area (Å²) >= 11 is 5.98. The Bertz CT molecular complexity index is 1260. The molecule has 0 saturated heterocycles. The van der Waals surface area contributed by atoms with E-state index in [1.807, 2.05) is 59.3 Å². The van der Waals surface area contributed by atoms with Crippen molar-refractivity contribution in [2.75, 3.05) is 7.11 Å². The summed E-state index contributed by atoms with van der Waals surface area (Å²) in [4.78, 5) is 12.8. The molecule has 0 aliphatic heterocycles. The fourth-order valence-electron chi connectivity index (χ4n) is 3.33. The third kappa shape index (κ3) is 4.54. The molecule has 0 spiro atoms. The minimum Gasteiger partial charge on any atom is -0.507 e. The predicted molar refractivity (Wildman–Crippen MR) is 122 cm³/mol. The van der Waals surface area contributed by atoms with Gasteiger partial charge in [-0.3, -0.25) is 4.79 Å². The van der Waals surface area contributed by atoms with Crippen LogP contribution < -0.4 is 10.2 Å². The maximum Gasteiger partial charge on any atom is 0.273 e. The van der Waals surface area contributed by atoms with Crippen molar-refractivity contribution in [1.29, 1.82) is 0 Å². The van der Waals surface area contributed by atoms with Crippen LogP contribution in [0.3, 0.4) is 0 Å². The minimum absolute atomic E-state index is 0.0110. The average Bonchev–Trinajstić information content (AvgIpc) is 3.15. The van der Waals surface area contributed by atoms with E-state index in [1.165, 1.54) is 19.4 Å². The number of hydrogen-bond donors (Lipinski definition) is 2. The molecule has 156 valence electrons. The fourth-order valence-corrected chi connectivity index (χ4v) is 3.45. The number of phenols is 1. The summed E-state index contributed by atoms with van der Waals surface area (Å²) in [5.74, 6) is 0.208. The van der Waals surface area contributed by atoms with E-state index in [2.05, 4.69) is 10.5 Å². The number of benzene rings is 3. The van der Waals surface area contributed by atoms with Gasteiger partial charge in [0.2, 0.25) is 0 Å². The number of ether oxygens (including phenoxy) is 1. The van der Waals surface area contributed by atoms with Crippen LogP contribution >= 0.6 is 11.6 Å². The van der Waals surface area contributed by atoms with Crippen molar-refractivity contribution in [3.05, 3.63) is 94.6 Å². The number of hydrazone groups is 1. The molecule has 31 heavy (non-hydrogen) atoms. The van der Waals surface area contributed by atoms with E-state index in [4.69, 9.17) is 16.3 Å². The summed E-state index contributed by atoms with van der Waals surface area (Å²) in [6.45, 7) is 0.605. The van der Waals surface area contributed by atoms with Crippen LogP contribution in [-0.4, -0.2) is 28.9 Å². The number of rotatable bonds is 6. The number of methoxy groups -OCH3 is 1. The maximum atomic E-state index is 12.8. The second-order valence-electron chi connectivity index (χ2n) is 6.94. The molecule has 1 aromatic heterocycles. The van der Waals surface area contributed by atoms with Crippen LogP contribution in [0.2, 0.25) is 5.02 Å². The zero-order chi connectivity index (χ0) is 21.8. The van der Waals surface area contributed by atoms with Gasteiger partial charge in [-0.1, -0.05) is 41.9 Å². The van der Waals surface area contributed by atoms with E-state index >= 15 is 0 Å². The Morgan fingerprint density at radius 3 is 2.68 bits per heavy atom. The van der Waals surface area contributed by atoms with E-state index in [-0.39, 0.29) is 11.7 Å². The van der Waals surface area contributed by atoms with Crippen molar-refractivity contribution in [1.82, 2.24) is 9.99 Å². The van der Waals surface area contributed by atoms with Gasteiger partial charge in [0, 0.05) is 40.3 Å². The number of halogens is 1. The van der Waals surface area contributed by atoms with Gasteiger partial charge in [-0.25, -0.2) is 5.43 Å². The van der Waals surface area contributed by atoms with E-state index in [1.54, 1.807) is 12.1 Å². The number of nitrogens with one attached hydrogen (secondary N) is 1. The topological polar surface area (TPSA) is 75.8 Å². The van der Waals surface area contributed by atoms with Gasteiger partial charge in [0.15, 0.2) is 0 Å². The molecule has 4 aromatic rings. The first-order chi connectivity index (χ1) is 15.0. The number of fused-ring (bicyclic) bond motifs is 1. The molecule has 0 bridgehead atoms. The molecule has 3 aromatic carbocycles. The van der Waals surface area contributed by atoms with Crippen molar-refractivity contribution in [2.24, 2.45) is 5.10 Å². The van der Waals surface area contributed by atoms with Gasteiger partial charge in [0.05, 0.1) is 18.9 Å². The fraction of sp³-hybridized carbons (Fsp3) is 0.0833. The highest BCUT2D eigenvalue weighted by atomic mass is 35.5. The maximum absolute atomic E-state index is 12.8. The summed E-state index contributed by atoms with van der Waals surface area (Å²) in [6.07, 6.45) is 3.20. The lowest BCUT2D eigenvalue weighted by molar-refractivity contribution is 0.0956. The normalized spacial score (nSPS) is 11.2. The molecule has 1 amide bonds. The molecule has 0 atom stereocenters. The van der Waals surface area contributed by atoms with Crippen LogP contribution in [0.15, 0.2) is 78.0 Å². The molecule has 0 aliphatic rings. The molecule has 0 aliphatic carbocycles. The molecular formula is C24H20ClN3O3. The van der Waals surface area contributed by atoms with Crippen molar-refractivity contribution >= 4 is 34.6 Å². The zero-order valence-electron chi connectivity index (χ0n) is 16.7. The van der Waals surface area contributed by atoms with E-state index in [9.17, 15) is 9.90 Å². The first kappa shape index (κ1) is 20.5. The highest BCUT2D eigenvalue weighted by Crippen LogP contribution is 2.24. The molecule has 4 rings (SSSR count). The molecule has 1 heterocycles. The van der Waals surface area contributed by atoms with Crippen molar-refractivity contribution < 1.29 is 14.6 Å². The molecule has 0 unspecified atom stereocenters. The number of aromatic nitrogens is 1. The standard InChI is InChI=1S/C24H20ClN3O3/c1-31-19-11-8-17(23(29)12-19)13-26-27-24(30)21-15-28(22-5-3-2-4-20(21)22)14-16-6-9-18(25)10-7-16/h2-13,15,29H,14H2,1H3,(H,27,30)/b26-13+. The number of hydrogen-bond acceptors (Lipinski definition) is 4. The SMILES string of the molecule is COc1ccc(/C=N/NC(=O)c2cn(Cc3ccc(Cl)cc3)c3ccccc23)c(O)c1. The van der Waals surface area contributed by atoms with Gasteiger partial charge >= 0.3 is 0 Å². The summed E-state index contributed by atoms with van der Waals surface area (Å²) in [7, 11) is 1.52. The molecular weight excluding hydrogens is 414 g/mol. The van der Waals surface area contributed by atoms with Gasteiger partial charge in [0.1, 0.15) is 11.5 Å². The molecule has 0 fully saturated rings. The molecule has 6 nitrogen and oxygen atoms in total. The van der Waals surface area contributed by atoms with Crippen LogP contribution in [0.5, 0.6) is 11.5 Å². The number of carbonyl (C=O) groups is 1. The highest BCUT2D eigenvalue weighted by Gasteiger charge is 2.14. The van der Waals surface area contributed by atoms with Gasteiger partial charge in [-0.2, -0.15) is 5.10 Å². The molecule has 0 saturated carbocycles. The Morgan fingerprint density at radius 2 is 1.94 bits per heavy atom. The third-order valence-electron chi connectivity index (χ3n) is 4.91. The predicted octanol–water partition coefficient (Wildman–Crippen LogP) is 4.82. The van der Waals surface area contributed by atoms with E-state index in [0.29, 0.717) is 28.4 Å². The third-order valence-corrected chi connectivity index (χ3v) is 5.16. The lowest BCUT2D eigenvalue weighted by Gasteiger charge is -2.05. The second kappa shape index (κ2) is 8.93. The monoisotopic (exact) mass is 433 g/mol.